The predicted molar refractivity (Wildman–Crippen MR) is 76.2 cm³/mol. The van der Waals surface area contributed by atoms with Gasteiger partial charge in [-0.25, -0.2) is 0 Å². The van der Waals surface area contributed by atoms with Crippen LogP contribution in [0.25, 0.3) is 0 Å². The molecule has 2 amide bonds. The van der Waals surface area contributed by atoms with E-state index in [0.717, 1.165) is 5.69 Å². The van der Waals surface area contributed by atoms with E-state index in [-0.39, 0.29) is 17.2 Å². The topological polar surface area (TPSA) is 67.2 Å². The van der Waals surface area contributed by atoms with Gasteiger partial charge in [-0.1, -0.05) is 20.8 Å². The molecule has 2 heterocycles. The first kappa shape index (κ1) is 14.6. The van der Waals surface area contributed by atoms with E-state index in [0.29, 0.717) is 19.4 Å². The molecule has 2 rings (SSSR count). The third-order valence-corrected chi connectivity index (χ3v) is 3.23. The fourth-order valence-electron chi connectivity index (χ4n) is 2.34. The number of aromatic nitrogens is 2. The van der Waals surface area contributed by atoms with Gasteiger partial charge in [0.1, 0.15) is 6.04 Å². The van der Waals surface area contributed by atoms with E-state index in [9.17, 15) is 9.59 Å². The van der Waals surface area contributed by atoms with Crippen molar-refractivity contribution >= 4 is 17.5 Å². The van der Waals surface area contributed by atoms with Crippen LogP contribution in [0.5, 0.6) is 0 Å². The second kappa shape index (κ2) is 5.26. The number of nitrogens with one attached hydrogen (secondary N) is 1. The van der Waals surface area contributed by atoms with Gasteiger partial charge in [-0.2, -0.15) is 5.10 Å². The minimum atomic E-state index is -0.412. The molecule has 1 aliphatic heterocycles. The van der Waals surface area contributed by atoms with Gasteiger partial charge in [-0.15, -0.1) is 0 Å². The molecule has 110 valence electrons. The highest BCUT2D eigenvalue weighted by Gasteiger charge is 2.34. The molecule has 1 atom stereocenters. The van der Waals surface area contributed by atoms with Crippen molar-refractivity contribution < 1.29 is 9.59 Å². The summed E-state index contributed by atoms with van der Waals surface area (Å²) in [6, 6.07) is -0.412. The highest BCUT2D eigenvalue weighted by molar-refractivity contribution is 6.01. The third kappa shape index (κ3) is 3.37. The Bertz CT molecular complexity index is 515. The van der Waals surface area contributed by atoms with Crippen LogP contribution in [0, 0.1) is 5.41 Å². The molecule has 0 saturated carbocycles. The lowest BCUT2D eigenvalue weighted by molar-refractivity contribution is -0.127. The molecule has 1 aromatic rings. The normalized spacial score (nSPS) is 19.5. The van der Waals surface area contributed by atoms with Crippen molar-refractivity contribution in [1.82, 2.24) is 15.1 Å². The molecular weight excluding hydrogens is 256 g/mol. The minimum Gasteiger partial charge on any atom is -0.344 e. The van der Waals surface area contributed by atoms with E-state index in [1.807, 2.05) is 27.8 Å². The Morgan fingerprint density at radius 1 is 1.50 bits per heavy atom. The molecule has 0 radical (unpaired) electrons. The van der Waals surface area contributed by atoms with Crippen LogP contribution in [0.1, 0.15) is 33.6 Å². The summed E-state index contributed by atoms with van der Waals surface area (Å²) in [6.07, 6.45) is 4.53. The lowest BCUT2D eigenvalue weighted by Crippen LogP contribution is -2.42. The van der Waals surface area contributed by atoms with Crippen molar-refractivity contribution in [2.24, 2.45) is 12.5 Å². The van der Waals surface area contributed by atoms with Gasteiger partial charge in [0, 0.05) is 26.2 Å². The van der Waals surface area contributed by atoms with Crippen LogP contribution in [-0.4, -0.2) is 34.2 Å². The maximum Gasteiger partial charge on any atom is 0.249 e. The highest BCUT2D eigenvalue weighted by Crippen LogP contribution is 2.22. The van der Waals surface area contributed by atoms with Crippen molar-refractivity contribution in [3.05, 3.63) is 12.4 Å². The van der Waals surface area contributed by atoms with Crippen LogP contribution in [0.15, 0.2) is 12.4 Å². The van der Waals surface area contributed by atoms with E-state index in [4.69, 9.17) is 0 Å². The second-order valence-electron chi connectivity index (χ2n) is 6.51. The molecule has 0 spiro atoms. The average molecular weight is 278 g/mol. The van der Waals surface area contributed by atoms with Crippen LogP contribution < -0.4 is 10.2 Å². The van der Waals surface area contributed by atoms with Crippen molar-refractivity contribution in [1.29, 1.82) is 0 Å². The smallest absolute Gasteiger partial charge is 0.249 e. The van der Waals surface area contributed by atoms with Crippen LogP contribution >= 0.6 is 0 Å². The number of carbonyl (C=O) groups excluding carboxylic acids is 2. The Morgan fingerprint density at radius 2 is 2.20 bits per heavy atom. The van der Waals surface area contributed by atoms with Gasteiger partial charge >= 0.3 is 0 Å². The van der Waals surface area contributed by atoms with Crippen LogP contribution in [0.2, 0.25) is 0 Å². The third-order valence-electron chi connectivity index (χ3n) is 3.23. The first-order chi connectivity index (χ1) is 9.26. The number of nitrogens with zero attached hydrogens (tertiary/aromatic N) is 3. The largest absolute Gasteiger partial charge is 0.344 e. The van der Waals surface area contributed by atoms with Crippen molar-refractivity contribution in [3.8, 4) is 0 Å². The van der Waals surface area contributed by atoms with Crippen LogP contribution in [0.4, 0.5) is 5.69 Å². The molecule has 1 aromatic heterocycles. The Labute approximate surface area is 119 Å². The maximum atomic E-state index is 12.3. The van der Waals surface area contributed by atoms with Gasteiger partial charge in [0.15, 0.2) is 0 Å². The predicted octanol–water partition coefficient (Wildman–Crippen LogP) is 1.08. The summed E-state index contributed by atoms with van der Waals surface area (Å²) in [4.78, 5) is 25.9. The molecule has 0 aliphatic carbocycles. The van der Waals surface area contributed by atoms with Crippen LogP contribution in [-0.2, 0) is 16.6 Å². The lowest BCUT2D eigenvalue weighted by atomic mass is 9.92. The summed E-state index contributed by atoms with van der Waals surface area (Å²) in [6.45, 7) is 6.63. The fourth-order valence-corrected chi connectivity index (χ4v) is 2.34. The molecule has 6 heteroatoms. The second-order valence-corrected chi connectivity index (χ2v) is 6.51. The average Bonchev–Trinajstić information content (AvgIpc) is 2.84. The molecule has 0 aromatic carbocycles. The zero-order valence-electron chi connectivity index (χ0n) is 12.5. The van der Waals surface area contributed by atoms with E-state index in [1.54, 1.807) is 22.0 Å². The summed E-state index contributed by atoms with van der Waals surface area (Å²) < 4.78 is 1.66. The molecule has 1 fully saturated rings. The SMILES string of the molecule is Cn1cc(N2CC[C@@H](NC(=O)CC(C)(C)C)C2=O)cn1. The number of amides is 2. The molecule has 1 saturated heterocycles. The first-order valence-corrected chi connectivity index (χ1v) is 6.86. The van der Waals surface area contributed by atoms with Crippen molar-refractivity contribution in [2.45, 2.75) is 39.7 Å². The standard InChI is InChI=1S/C14H22N4O2/c1-14(2,3)7-12(19)16-11-5-6-18(13(11)20)10-8-15-17(4)9-10/h8-9,11H,5-7H2,1-4H3,(H,16,19)/t11-/m1/s1. The summed E-state index contributed by atoms with van der Waals surface area (Å²) in [5.74, 6) is -0.121. The quantitative estimate of drug-likeness (QED) is 0.899. The van der Waals surface area contributed by atoms with E-state index < -0.39 is 6.04 Å². The Hall–Kier alpha value is -1.85. The van der Waals surface area contributed by atoms with Crippen molar-refractivity contribution in [2.75, 3.05) is 11.4 Å². The number of hydrogen-bond donors (Lipinski definition) is 1. The van der Waals surface area contributed by atoms with E-state index in [2.05, 4.69) is 10.4 Å². The molecule has 6 nitrogen and oxygen atoms in total. The molecule has 0 unspecified atom stereocenters. The van der Waals surface area contributed by atoms with Gasteiger partial charge in [0.25, 0.3) is 0 Å². The highest BCUT2D eigenvalue weighted by atomic mass is 16.2. The summed E-state index contributed by atoms with van der Waals surface area (Å²) >= 11 is 0. The zero-order chi connectivity index (χ0) is 14.9. The number of carbonyl (C=O) groups is 2. The van der Waals surface area contributed by atoms with Gasteiger partial charge in [-0.3, -0.25) is 14.3 Å². The van der Waals surface area contributed by atoms with E-state index >= 15 is 0 Å². The first-order valence-electron chi connectivity index (χ1n) is 6.86. The molecule has 0 bridgehead atoms. The number of anilines is 1. The van der Waals surface area contributed by atoms with Crippen LogP contribution in [0.3, 0.4) is 0 Å². The van der Waals surface area contributed by atoms with Gasteiger partial charge < -0.3 is 10.2 Å². The maximum absolute atomic E-state index is 12.3. The lowest BCUT2D eigenvalue weighted by Gasteiger charge is -2.19. The summed E-state index contributed by atoms with van der Waals surface area (Å²) in [5, 5.41) is 6.90. The number of hydrogen-bond acceptors (Lipinski definition) is 3. The Balaban J connectivity index is 1.96. The number of rotatable bonds is 3. The van der Waals surface area contributed by atoms with Gasteiger partial charge in [0.05, 0.1) is 11.9 Å². The Morgan fingerprint density at radius 3 is 2.75 bits per heavy atom. The molecular formula is C14H22N4O2. The minimum absolute atomic E-state index is 0.0553. The van der Waals surface area contributed by atoms with Crippen molar-refractivity contribution in [3.63, 3.8) is 0 Å². The molecule has 20 heavy (non-hydrogen) atoms. The number of aryl methyl sites for hydroxylation is 1. The zero-order valence-corrected chi connectivity index (χ0v) is 12.5. The summed E-state index contributed by atoms with van der Waals surface area (Å²) in [7, 11) is 1.81. The fraction of sp³-hybridized carbons (Fsp3) is 0.643. The van der Waals surface area contributed by atoms with Gasteiger partial charge in [0.2, 0.25) is 11.8 Å². The summed E-state index contributed by atoms with van der Waals surface area (Å²) in [5.41, 5.74) is 0.708. The molecule has 1 aliphatic rings. The monoisotopic (exact) mass is 278 g/mol. The Kier molecular flexibility index (Phi) is 3.83. The van der Waals surface area contributed by atoms with E-state index in [1.165, 1.54) is 0 Å². The molecule has 1 N–H and O–H groups in total. The van der Waals surface area contributed by atoms with Gasteiger partial charge in [-0.05, 0) is 11.8 Å².